The smallest absolute Gasteiger partial charge is 0.387 e. The van der Waals surface area contributed by atoms with Crippen LogP contribution in [0.25, 0.3) is 6.08 Å². The van der Waals surface area contributed by atoms with E-state index < -0.39 is 19.2 Å². The van der Waals surface area contributed by atoms with E-state index in [-0.39, 0.29) is 22.8 Å². The van der Waals surface area contributed by atoms with E-state index in [1.807, 2.05) is 18.4 Å². The molecule has 2 rings (SSSR count). The van der Waals surface area contributed by atoms with Crippen LogP contribution >= 0.6 is 0 Å². The Morgan fingerprint density at radius 3 is 2.60 bits per heavy atom. The number of hydrogen-bond donors (Lipinski definition) is 0. The number of hydrogen-bond acceptors (Lipinski definition) is 5. The van der Waals surface area contributed by atoms with Gasteiger partial charge in [0, 0.05) is 35.1 Å². The van der Waals surface area contributed by atoms with Gasteiger partial charge in [-0.15, -0.1) is 0 Å². The third-order valence-electron chi connectivity index (χ3n) is 4.50. The Labute approximate surface area is 174 Å². The third kappa shape index (κ3) is 5.68. The number of methoxy groups -OCH3 is 1. The van der Waals surface area contributed by atoms with Crippen molar-refractivity contribution < 1.29 is 32.6 Å². The molecule has 0 bridgehead atoms. The largest absolute Gasteiger partial charge is 0.493 e. The number of benzene rings is 1. The molecule has 8 heteroatoms. The number of carbonyl (C=O) groups is 2. The lowest BCUT2D eigenvalue weighted by Crippen LogP contribution is -2.13. The van der Waals surface area contributed by atoms with Gasteiger partial charge in [0.05, 0.1) is 7.11 Å². The molecule has 0 saturated heterocycles. The van der Waals surface area contributed by atoms with Gasteiger partial charge in [0.2, 0.25) is 5.78 Å². The zero-order valence-electron chi connectivity index (χ0n) is 17.4. The minimum Gasteiger partial charge on any atom is -0.493 e. The van der Waals surface area contributed by atoms with Gasteiger partial charge in [-0.25, -0.2) is 4.79 Å². The van der Waals surface area contributed by atoms with Crippen molar-refractivity contribution in [2.24, 2.45) is 0 Å². The predicted molar refractivity (Wildman–Crippen MR) is 108 cm³/mol. The summed E-state index contributed by atoms with van der Waals surface area (Å²) in [7, 11) is 1.32. The second-order valence-electron chi connectivity index (χ2n) is 6.56. The summed E-state index contributed by atoms with van der Waals surface area (Å²) < 4.78 is 41.9. The van der Waals surface area contributed by atoms with Crippen LogP contribution in [0.1, 0.15) is 40.7 Å². The van der Waals surface area contributed by atoms with Crippen molar-refractivity contribution in [3.63, 3.8) is 0 Å². The molecule has 2 aromatic rings. The summed E-state index contributed by atoms with van der Waals surface area (Å²) in [6.45, 7) is 3.15. The SMILES string of the molecule is CCCn1c(C)cc(C(=O)COC(=O)/C=C/c2cccc(OC)c2OC(F)F)c1C. The number of ketones is 1. The highest BCUT2D eigenvalue weighted by Gasteiger charge is 2.17. The molecule has 0 amide bonds. The van der Waals surface area contributed by atoms with Crippen molar-refractivity contribution in [2.75, 3.05) is 13.7 Å². The Kier molecular flexibility index (Phi) is 8.15. The second kappa shape index (κ2) is 10.6. The van der Waals surface area contributed by atoms with Crippen LogP contribution in [0.4, 0.5) is 8.78 Å². The normalized spacial score (nSPS) is 11.2. The number of esters is 1. The molecule has 0 saturated carbocycles. The lowest BCUT2D eigenvalue weighted by molar-refractivity contribution is -0.136. The Morgan fingerprint density at radius 1 is 1.23 bits per heavy atom. The number of nitrogens with zero attached hydrogens (tertiary/aromatic N) is 1. The first-order chi connectivity index (χ1) is 14.3. The maximum atomic E-state index is 12.7. The molecule has 0 aliphatic carbocycles. The van der Waals surface area contributed by atoms with Crippen molar-refractivity contribution >= 4 is 17.8 Å². The van der Waals surface area contributed by atoms with Crippen molar-refractivity contribution in [1.82, 2.24) is 4.57 Å². The fourth-order valence-corrected chi connectivity index (χ4v) is 3.11. The van der Waals surface area contributed by atoms with Gasteiger partial charge in [-0.2, -0.15) is 8.78 Å². The van der Waals surface area contributed by atoms with E-state index in [9.17, 15) is 18.4 Å². The predicted octanol–water partition coefficient (Wildman–Crippen LogP) is 4.56. The molecule has 0 aliphatic heterocycles. The molecule has 0 atom stereocenters. The van der Waals surface area contributed by atoms with Gasteiger partial charge in [0.15, 0.2) is 18.1 Å². The topological polar surface area (TPSA) is 66.8 Å². The number of ether oxygens (including phenoxy) is 3. The number of aryl methyl sites for hydroxylation is 1. The number of aromatic nitrogens is 1. The summed E-state index contributed by atoms with van der Waals surface area (Å²) in [6, 6.07) is 6.29. The fraction of sp³-hybridized carbons (Fsp3) is 0.364. The maximum absolute atomic E-state index is 12.7. The number of Topliss-reactive ketones (excluding diaryl/α,β-unsaturated/α-hetero) is 1. The molecule has 0 fully saturated rings. The third-order valence-corrected chi connectivity index (χ3v) is 4.50. The fourth-order valence-electron chi connectivity index (χ4n) is 3.11. The van der Waals surface area contributed by atoms with Gasteiger partial charge in [-0.1, -0.05) is 19.1 Å². The Balaban J connectivity index is 2.06. The van der Waals surface area contributed by atoms with E-state index >= 15 is 0 Å². The van der Waals surface area contributed by atoms with Gasteiger partial charge in [0.1, 0.15) is 0 Å². The van der Waals surface area contributed by atoms with E-state index in [0.717, 1.165) is 30.4 Å². The molecule has 0 radical (unpaired) electrons. The summed E-state index contributed by atoms with van der Waals surface area (Å²) in [5.41, 5.74) is 2.52. The van der Waals surface area contributed by atoms with Gasteiger partial charge in [-0.05, 0) is 38.5 Å². The van der Waals surface area contributed by atoms with Crippen molar-refractivity contribution in [3.05, 3.63) is 52.9 Å². The highest BCUT2D eigenvalue weighted by molar-refractivity contribution is 6.00. The molecule has 162 valence electrons. The standard InChI is InChI=1S/C22H25F2NO5/c1-5-11-25-14(2)12-17(15(25)3)18(26)13-29-20(27)10-9-16-7-6-8-19(28-4)21(16)30-22(23)24/h6-10,12,22H,5,11,13H2,1-4H3/b10-9+. The van der Waals surface area contributed by atoms with E-state index in [0.29, 0.717) is 5.56 Å². The van der Waals surface area contributed by atoms with Crippen LogP contribution in [0.2, 0.25) is 0 Å². The monoisotopic (exact) mass is 421 g/mol. The van der Waals surface area contributed by atoms with Crippen molar-refractivity contribution in [1.29, 1.82) is 0 Å². The Bertz CT molecular complexity index is 934. The van der Waals surface area contributed by atoms with Crippen LogP contribution in [0.15, 0.2) is 30.3 Å². The first kappa shape index (κ1) is 23.1. The molecule has 30 heavy (non-hydrogen) atoms. The molecule has 1 aromatic carbocycles. The minimum absolute atomic E-state index is 0.100. The summed E-state index contributed by atoms with van der Waals surface area (Å²) in [5.74, 6) is -1.19. The molecule has 0 unspecified atom stereocenters. The molecule has 1 heterocycles. The maximum Gasteiger partial charge on any atom is 0.387 e. The first-order valence-corrected chi connectivity index (χ1v) is 9.45. The summed E-state index contributed by atoms with van der Waals surface area (Å²) in [6.07, 6.45) is 3.24. The van der Waals surface area contributed by atoms with Crippen LogP contribution in [0, 0.1) is 13.8 Å². The van der Waals surface area contributed by atoms with Crippen LogP contribution in [0.5, 0.6) is 11.5 Å². The molecule has 0 aliphatic rings. The van der Waals surface area contributed by atoms with Crippen LogP contribution in [-0.2, 0) is 16.1 Å². The number of para-hydroxylation sites is 1. The van der Waals surface area contributed by atoms with E-state index in [4.69, 9.17) is 9.47 Å². The molecule has 6 nitrogen and oxygen atoms in total. The molecular formula is C22H25F2NO5. The van der Waals surface area contributed by atoms with Gasteiger partial charge < -0.3 is 18.8 Å². The summed E-state index contributed by atoms with van der Waals surface area (Å²) in [4.78, 5) is 24.5. The molecule has 0 spiro atoms. The highest BCUT2D eigenvalue weighted by Crippen LogP contribution is 2.33. The van der Waals surface area contributed by atoms with Crippen molar-refractivity contribution in [3.8, 4) is 11.5 Å². The van der Waals surface area contributed by atoms with Crippen LogP contribution in [-0.4, -0.2) is 36.6 Å². The number of carbonyl (C=O) groups excluding carboxylic acids is 2. The molecule has 0 N–H and O–H groups in total. The van der Waals surface area contributed by atoms with E-state index in [1.54, 1.807) is 12.1 Å². The van der Waals surface area contributed by atoms with Gasteiger partial charge in [0.25, 0.3) is 0 Å². The van der Waals surface area contributed by atoms with E-state index in [2.05, 4.69) is 11.7 Å². The van der Waals surface area contributed by atoms with Gasteiger partial charge in [-0.3, -0.25) is 4.79 Å². The Hall–Kier alpha value is -3.16. The number of alkyl halides is 2. The number of rotatable bonds is 10. The van der Waals surface area contributed by atoms with Gasteiger partial charge >= 0.3 is 12.6 Å². The quantitative estimate of drug-likeness (QED) is 0.320. The zero-order chi connectivity index (χ0) is 22.3. The second-order valence-corrected chi connectivity index (χ2v) is 6.56. The van der Waals surface area contributed by atoms with E-state index in [1.165, 1.54) is 25.3 Å². The molecular weight excluding hydrogens is 396 g/mol. The number of halogens is 2. The average Bonchev–Trinajstić information content (AvgIpc) is 2.99. The van der Waals surface area contributed by atoms with Crippen molar-refractivity contribution in [2.45, 2.75) is 40.3 Å². The summed E-state index contributed by atoms with van der Waals surface area (Å²) in [5, 5.41) is 0. The zero-order valence-corrected chi connectivity index (χ0v) is 17.4. The minimum atomic E-state index is -3.05. The average molecular weight is 421 g/mol. The van der Waals surface area contributed by atoms with Crippen LogP contribution < -0.4 is 9.47 Å². The first-order valence-electron chi connectivity index (χ1n) is 9.45. The lowest BCUT2D eigenvalue weighted by atomic mass is 10.1. The summed E-state index contributed by atoms with van der Waals surface area (Å²) >= 11 is 0. The molecule has 1 aromatic heterocycles. The van der Waals surface area contributed by atoms with Crippen LogP contribution in [0.3, 0.4) is 0 Å². The lowest BCUT2D eigenvalue weighted by Gasteiger charge is -2.12. The Morgan fingerprint density at radius 2 is 1.97 bits per heavy atom. The highest BCUT2D eigenvalue weighted by atomic mass is 19.3.